The third kappa shape index (κ3) is 7.74. The minimum atomic E-state index is -0.203. The van der Waals surface area contributed by atoms with Gasteiger partial charge in [-0.05, 0) is 67.8 Å². The van der Waals surface area contributed by atoms with Crippen LogP contribution in [0, 0.1) is 17.2 Å². The monoisotopic (exact) mass is 353 g/mol. The molecule has 0 bridgehead atoms. The quantitative estimate of drug-likeness (QED) is 0.845. The van der Waals surface area contributed by atoms with Gasteiger partial charge < -0.3 is 9.84 Å². The standard InChI is InChI=1S/C15H20FNO.C5H12.CH4O/c1-10-13-8-15(18-9-11-3-4-11)14(16)7-12(13)5-6-17(10)2;1-5(2,3)4;1-2/h7-8,10-11H,3-6,9H2,1-2H3;1-4H3;2H,1H3/t10-;;/m1../s1. The minimum Gasteiger partial charge on any atom is -0.490 e. The lowest BCUT2D eigenvalue weighted by atomic mass is 9.93. The average Bonchev–Trinajstić information content (AvgIpc) is 3.34. The van der Waals surface area contributed by atoms with Crippen LogP contribution in [0.1, 0.15) is 64.6 Å². The van der Waals surface area contributed by atoms with Crippen LogP contribution in [0.2, 0.25) is 0 Å². The summed E-state index contributed by atoms with van der Waals surface area (Å²) in [6.45, 7) is 12.6. The van der Waals surface area contributed by atoms with Crippen molar-refractivity contribution in [3.63, 3.8) is 0 Å². The molecule has 144 valence electrons. The van der Waals surface area contributed by atoms with Crippen LogP contribution in [0.15, 0.2) is 12.1 Å². The van der Waals surface area contributed by atoms with Crippen LogP contribution >= 0.6 is 0 Å². The Morgan fingerprint density at radius 3 is 2.28 bits per heavy atom. The molecule has 1 saturated carbocycles. The second-order valence-electron chi connectivity index (χ2n) is 8.64. The van der Waals surface area contributed by atoms with Gasteiger partial charge in [0.1, 0.15) is 0 Å². The molecule has 1 aliphatic carbocycles. The SMILES string of the molecule is CC(C)(C)C.CO.C[C@@H]1c2cc(OCC3CC3)c(F)cc2CCN1C. The van der Waals surface area contributed by atoms with Crippen LogP contribution in [0.4, 0.5) is 4.39 Å². The smallest absolute Gasteiger partial charge is 0.165 e. The normalized spacial score (nSPS) is 19.8. The van der Waals surface area contributed by atoms with Gasteiger partial charge in [0.15, 0.2) is 11.6 Å². The molecule has 0 radical (unpaired) electrons. The van der Waals surface area contributed by atoms with Crippen LogP contribution in [0.25, 0.3) is 0 Å². The van der Waals surface area contributed by atoms with E-state index in [0.29, 0.717) is 29.7 Å². The summed E-state index contributed by atoms with van der Waals surface area (Å²) in [5.41, 5.74) is 2.85. The van der Waals surface area contributed by atoms with Gasteiger partial charge in [0.25, 0.3) is 0 Å². The summed E-state index contributed by atoms with van der Waals surface area (Å²) in [5.74, 6) is 0.884. The van der Waals surface area contributed by atoms with Crippen molar-refractivity contribution in [2.45, 2.75) is 59.9 Å². The Kier molecular flexibility index (Phi) is 8.36. The number of nitrogens with zero attached hydrogens (tertiary/aromatic N) is 1. The molecular formula is C21H36FNO2. The number of hydrogen-bond donors (Lipinski definition) is 1. The van der Waals surface area contributed by atoms with Crippen LogP contribution in [0.3, 0.4) is 0 Å². The summed E-state index contributed by atoms with van der Waals surface area (Å²) in [4.78, 5) is 2.30. The molecule has 0 amide bonds. The van der Waals surface area contributed by atoms with Gasteiger partial charge in [0.05, 0.1) is 6.61 Å². The Balaban J connectivity index is 0.000000388. The predicted molar refractivity (Wildman–Crippen MR) is 103 cm³/mol. The zero-order valence-electron chi connectivity index (χ0n) is 17.0. The molecule has 0 saturated heterocycles. The summed E-state index contributed by atoms with van der Waals surface area (Å²) in [7, 11) is 3.11. The number of hydrogen-bond acceptors (Lipinski definition) is 3. The fraction of sp³-hybridized carbons (Fsp3) is 0.714. The molecule has 1 aliphatic heterocycles. The second kappa shape index (κ2) is 9.54. The van der Waals surface area contributed by atoms with Gasteiger partial charge in [-0.25, -0.2) is 4.39 Å². The number of halogens is 1. The van der Waals surface area contributed by atoms with Crippen LogP contribution in [-0.4, -0.2) is 37.3 Å². The van der Waals surface area contributed by atoms with Crippen molar-refractivity contribution in [3.8, 4) is 5.75 Å². The molecule has 1 atom stereocenters. The van der Waals surface area contributed by atoms with Gasteiger partial charge in [-0.3, -0.25) is 4.90 Å². The second-order valence-corrected chi connectivity index (χ2v) is 8.64. The number of fused-ring (bicyclic) bond motifs is 1. The van der Waals surface area contributed by atoms with Crippen molar-refractivity contribution < 1.29 is 14.2 Å². The lowest BCUT2D eigenvalue weighted by molar-refractivity contribution is 0.243. The Bertz CT molecular complexity index is 529. The number of ether oxygens (including phenoxy) is 1. The van der Waals surface area contributed by atoms with Crippen molar-refractivity contribution in [1.29, 1.82) is 0 Å². The fourth-order valence-corrected chi connectivity index (χ4v) is 2.55. The first-order valence-corrected chi connectivity index (χ1v) is 9.25. The van der Waals surface area contributed by atoms with Crippen molar-refractivity contribution in [3.05, 3.63) is 29.1 Å². The number of likely N-dealkylation sites (N-methyl/N-ethyl adjacent to an activating group) is 1. The Hall–Kier alpha value is -1.13. The molecule has 1 fully saturated rings. The van der Waals surface area contributed by atoms with Crippen molar-refractivity contribution in [2.24, 2.45) is 11.3 Å². The van der Waals surface area contributed by atoms with E-state index in [-0.39, 0.29) is 5.82 Å². The lowest BCUT2D eigenvalue weighted by Gasteiger charge is -2.32. The summed E-state index contributed by atoms with van der Waals surface area (Å²) in [6, 6.07) is 3.92. The maximum atomic E-state index is 13.9. The van der Waals surface area contributed by atoms with Gasteiger partial charge in [0.2, 0.25) is 0 Å². The minimum absolute atomic E-state index is 0.203. The van der Waals surface area contributed by atoms with Crippen LogP contribution in [-0.2, 0) is 6.42 Å². The average molecular weight is 354 g/mol. The number of benzene rings is 1. The predicted octanol–water partition coefficient (Wildman–Crippen LogP) is 4.82. The van der Waals surface area contributed by atoms with Crippen molar-refractivity contribution >= 4 is 0 Å². The van der Waals surface area contributed by atoms with Gasteiger partial charge >= 0.3 is 0 Å². The maximum Gasteiger partial charge on any atom is 0.165 e. The third-order valence-corrected chi connectivity index (χ3v) is 4.21. The summed E-state index contributed by atoms with van der Waals surface area (Å²) >= 11 is 0. The molecule has 3 rings (SSSR count). The summed E-state index contributed by atoms with van der Waals surface area (Å²) in [6.07, 6.45) is 3.38. The van der Waals surface area contributed by atoms with Crippen LogP contribution < -0.4 is 4.74 Å². The molecule has 1 heterocycles. The molecule has 1 N–H and O–H groups in total. The fourth-order valence-electron chi connectivity index (χ4n) is 2.55. The van der Waals surface area contributed by atoms with E-state index in [0.717, 1.165) is 25.6 Å². The van der Waals surface area contributed by atoms with E-state index in [1.165, 1.54) is 18.4 Å². The van der Waals surface area contributed by atoms with Gasteiger partial charge in [-0.15, -0.1) is 0 Å². The Morgan fingerprint density at radius 2 is 1.76 bits per heavy atom. The van der Waals surface area contributed by atoms with Crippen LogP contribution in [0.5, 0.6) is 5.75 Å². The first kappa shape index (κ1) is 21.9. The molecule has 1 aromatic rings. The van der Waals surface area contributed by atoms with E-state index in [9.17, 15) is 4.39 Å². The highest BCUT2D eigenvalue weighted by molar-refractivity contribution is 5.40. The number of aliphatic hydroxyl groups excluding tert-OH is 1. The number of aliphatic hydroxyl groups is 1. The third-order valence-electron chi connectivity index (χ3n) is 4.21. The van der Waals surface area contributed by atoms with E-state index >= 15 is 0 Å². The zero-order valence-corrected chi connectivity index (χ0v) is 17.0. The summed E-state index contributed by atoms with van der Waals surface area (Å²) < 4.78 is 19.6. The molecule has 0 spiro atoms. The van der Waals surface area contributed by atoms with E-state index in [1.807, 2.05) is 6.07 Å². The lowest BCUT2D eigenvalue weighted by Crippen LogP contribution is -2.30. The van der Waals surface area contributed by atoms with E-state index < -0.39 is 0 Å². The molecule has 2 aliphatic rings. The summed E-state index contributed by atoms with van der Waals surface area (Å²) in [5, 5.41) is 7.00. The highest BCUT2D eigenvalue weighted by Gasteiger charge is 2.25. The molecule has 25 heavy (non-hydrogen) atoms. The first-order chi connectivity index (χ1) is 11.6. The van der Waals surface area contributed by atoms with E-state index in [4.69, 9.17) is 9.84 Å². The highest BCUT2D eigenvalue weighted by Crippen LogP contribution is 2.34. The Morgan fingerprint density at radius 1 is 1.20 bits per heavy atom. The molecule has 3 nitrogen and oxygen atoms in total. The molecule has 4 heteroatoms. The first-order valence-electron chi connectivity index (χ1n) is 9.25. The highest BCUT2D eigenvalue weighted by atomic mass is 19.1. The zero-order chi connectivity index (χ0) is 19.2. The topological polar surface area (TPSA) is 32.7 Å². The maximum absolute atomic E-state index is 13.9. The van der Waals surface area contributed by atoms with Crippen molar-refractivity contribution in [2.75, 3.05) is 27.3 Å². The largest absolute Gasteiger partial charge is 0.490 e. The molecular weight excluding hydrogens is 317 g/mol. The molecule has 0 unspecified atom stereocenters. The number of rotatable bonds is 3. The van der Waals surface area contributed by atoms with E-state index in [1.54, 1.807) is 6.07 Å². The molecule has 0 aromatic heterocycles. The van der Waals surface area contributed by atoms with Crippen molar-refractivity contribution in [1.82, 2.24) is 4.90 Å². The van der Waals surface area contributed by atoms with Gasteiger partial charge in [-0.2, -0.15) is 0 Å². The molecule has 1 aromatic carbocycles. The van der Waals surface area contributed by atoms with Gasteiger partial charge in [-0.1, -0.05) is 27.7 Å². The Labute approximate surface area is 153 Å². The van der Waals surface area contributed by atoms with Gasteiger partial charge in [0, 0.05) is 19.7 Å². The van der Waals surface area contributed by atoms with E-state index in [2.05, 4.69) is 46.6 Å².